The minimum absolute atomic E-state index is 0.0628. The Hall–Kier alpha value is -2.28. The smallest absolute Gasteiger partial charge is 0.237 e. The van der Waals surface area contributed by atoms with Crippen molar-refractivity contribution < 1.29 is 19.1 Å². The van der Waals surface area contributed by atoms with E-state index < -0.39 is 6.04 Å². The number of methoxy groups -OCH3 is 2. The second-order valence-corrected chi connectivity index (χ2v) is 6.95. The highest BCUT2D eigenvalue weighted by atomic mass is 16.5. The molecule has 142 valence electrons. The van der Waals surface area contributed by atoms with Crippen LogP contribution in [0.1, 0.15) is 24.8 Å². The van der Waals surface area contributed by atoms with E-state index in [1.807, 2.05) is 23.1 Å². The summed E-state index contributed by atoms with van der Waals surface area (Å²) in [5, 5.41) is 5.81. The van der Waals surface area contributed by atoms with Gasteiger partial charge in [0.25, 0.3) is 0 Å². The maximum atomic E-state index is 12.3. The van der Waals surface area contributed by atoms with Gasteiger partial charge in [-0.25, -0.2) is 0 Å². The zero-order valence-electron chi connectivity index (χ0n) is 15.4. The Morgan fingerprint density at radius 1 is 1.23 bits per heavy atom. The van der Waals surface area contributed by atoms with E-state index in [-0.39, 0.29) is 18.2 Å². The molecule has 1 aliphatic heterocycles. The number of carbonyl (C=O) groups excluding carboxylic acids is 2. The lowest BCUT2D eigenvalue weighted by Gasteiger charge is -2.34. The highest BCUT2D eigenvalue weighted by Gasteiger charge is 2.32. The third kappa shape index (κ3) is 4.88. The molecule has 7 nitrogen and oxygen atoms in total. The van der Waals surface area contributed by atoms with Crippen LogP contribution in [0.2, 0.25) is 0 Å². The van der Waals surface area contributed by atoms with Gasteiger partial charge in [-0.15, -0.1) is 0 Å². The molecule has 0 spiro atoms. The van der Waals surface area contributed by atoms with Gasteiger partial charge in [-0.3, -0.25) is 14.5 Å². The lowest BCUT2D eigenvalue weighted by Crippen LogP contribution is -2.56. The summed E-state index contributed by atoms with van der Waals surface area (Å²) < 4.78 is 10.6. The van der Waals surface area contributed by atoms with Crippen molar-refractivity contribution in [1.29, 1.82) is 0 Å². The monoisotopic (exact) mass is 361 g/mol. The first-order valence-corrected chi connectivity index (χ1v) is 9.09. The summed E-state index contributed by atoms with van der Waals surface area (Å²) in [7, 11) is 3.22. The van der Waals surface area contributed by atoms with Crippen molar-refractivity contribution in [2.24, 2.45) is 5.92 Å². The van der Waals surface area contributed by atoms with E-state index in [1.54, 1.807) is 14.2 Å². The van der Waals surface area contributed by atoms with Gasteiger partial charge in [0.2, 0.25) is 11.8 Å². The minimum atomic E-state index is -0.458. The first-order valence-electron chi connectivity index (χ1n) is 9.09. The summed E-state index contributed by atoms with van der Waals surface area (Å²) >= 11 is 0. The maximum Gasteiger partial charge on any atom is 0.237 e. The highest BCUT2D eigenvalue weighted by Crippen LogP contribution is 2.28. The summed E-state index contributed by atoms with van der Waals surface area (Å²) in [4.78, 5) is 26.6. The number of benzene rings is 1. The molecular formula is C19H27N3O4. The van der Waals surface area contributed by atoms with Crippen molar-refractivity contribution in [2.45, 2.75) is 31.8 Å². The molecule has 1 saturated carbocycles. The van der Waals surface area contributed by atoms with Crippen LogP contribution in [0.5, 0.6) is 11.5 Å². The van der Waals surface area contributed by atoms with Crippen molar-refractivity contribution in [3.8, 4) is 11.5 Å². The van der Waals surface area contributed by atoms with Gasteiger partial charge in [0.1, 0.15) is 11.5 Å². The Bertz CT molecular complexity index is 638. The molecule has 0 bridgehead atoms. The minimum Gasteiger partial charge on any atom is -0.497 e. The van der Waals surface area contributed by atoms with E-state index in [1.165, 1.54) is 12.8 Å². The van der Waals surface area contributed by atoms with E-state index in [0.29, 0.717) is 37.1 Å². The van der Waals surface area contributed by atoms with Crippen LogP contribution >= 0.6 is 0 Å². The molecule has 0 aromatic heterocycles. The fourth-order valence-corrected chi connectivity index (χ4v) is 3.19. The van der Waals surface area contributed by atoms with Gasteiger partial charge in [-0.2, -0.15) is 0 Å². The average Bonchev–Trinajstić information content (AvgIpc) is 3.47. The number of amides is 2. The van der Waals surface area contributed by atoms with Gasteiger partial charge in [0, 0.05) is 32.2 Å². The SMILES string of the molecule is COc1cc(CN2CCNC(=O)C2CC(=O)NCC2CC2)cc(OC)c1. The Morgan fingerprint density at radius 2 is 1.92 bits per heavy atom. The molecule has 2 N–H and O–H groups in total. The van der Waals surface area contributed by atoms with E-state index >= 15 is 0 Å². The Labute approximate surface area is 154 Å². The lowest BCUT2D eigenvalue weighted by atomic mass is 10.1. The number of nitrogens with one attached hydrogen (secondary N) is 2. The summed E-state index contributed by atoms with van der Waals surface area (Å²) in [6.07, 6.45) is 2.56. The predicted molar refractivity (Wildman–Crippen MR) is 97.1 cm³/mol. The van der Waals surface area contributed by atoms with Gasteiger partial charge in [0.15, 0.2) is 0 Å². The van der Waals surface area contributed by atoms with Crippen molar-refractivity contribution >= 4 is 11.8 Å². The average molecular weight is 361 g/mol. The largest absolute Gasteiger partial charge is 0.497 e. The third-order valence-corrected chi connectivity index (χ3v) is 4.90. The van der Waals surface area contributed by atoms with Crippen LogP contribution in [-0.4, -0.2) is 56.6 Å². The Morgan fingerprint density at radius 3 is 2.54 bits per heavy atom. The van der Waals surface area contributed by atoms with Crippen molar-refractivity contribution in [3.63, 3.8) is 0 Å². The van der Waals surface area contributed by atoms with Gasteiger partial charge < -0.3 is 20.1 Å². The number of hydrogen-bond acceptors (Lipinski definition) is 5. The zero-order chi connectivity index (χ0) is 18.5. The fraction of sp³-hybridized carbons (Fsp3) is 0.579. The van der Waals surface area contributed by atoms with Crippen LogP contribution in [0, 0.1) is 5.92 Å². The molecule has 1 unspecified atom stereocenters. The molecule has 1 aromatic rings. The molecule has 2 amide bonds. The molecule has 1 atom stereocenters. The molecule has 0 radical (unpaired) electrons. The van der Waals surface area contributed by atoms with Crippen molar-refractivity contribution in [1.82, 2.24) is 15.5 Å². The number of piperazine rings is 1. The van der Waals surface area contributed by atoms with E-state index in [4.69, 9.17) is 9.47 Å². The summed E-state index contributed by atoms with van der Waals surface area (Å²) in [6.45, 7) is 2.56. The van der Waals surface area contributed by atoms with Crippen LogP contribution in [-0.2, 0) is 16.1 Å². The van der Waals surface area contributed by atoms with Gasteiger partial charge in [-0.05, 0) is 36.5 Å². The molecule has 26 heavy (non-hydrogen) atoms. The molecule has 3 rings (SSSR count). The first kappa shape index (κ1) is 18.5. The highest BCUT2D eigenvalue weighted by molar-refractivity contribution is 5.88. The van der Waals surface area contributed by atoms with Crippen LogP contribution in [0.3, 0.4) is 0 Å². The van der Waals surface area contributed by atoms with Crippen LogP contribution < -0.4 is 20.1 Å². The molecule has 2 aliphatic rings. The van der Waals surface area contributed by atoms with Crippen LogP contribution in [0.15, 0.2) is 18.2 Å². The summed E-state index contributed by atoms with van der Waals surface area (Å²) in [5.41, 5.74) is 0.985. The molecular weight excluding hydrogens is 334 g/mol. The standard InChI is InChI=1S/C19H27N3O4/c1-25-15-7-14(8-16(9-15)26-2)12-22-6-5-20-19(24)17(22)10-18(23)21-11-13-3-4-13/h7-9,13,17H,3-6,10-12H2,1-2H3,(H,20,24)(H,21,23). The molecule has 1 aliphatic carbocycles. The molecule has 2 fully saturated rings. The summed E-state index contributed by atoms with van der Waals surface area (Å²) in [6, 6.07) is 5.22. The molecule has 1 aromatic carbocycles. The topological polar surface area (TPSA) is 79.9 Å². The predicted octanol–water partition coefficient (Wildman–Crippen LogP) is 0.921. The van der Waals surface area contributed by atoms with E-state index in [9.17, 15) is 9.59 Å². The van der Waals surface area contributed by atoms with Crippen molar-refractivity contribution in [3.05, 3.63) is 23.8 Å². The van der Waals surface area contributed by atoms with Crippen LogP contribution in [0.4, 0.5) is 0 Å². The number of rotatable bonds is 8. The Kier molecular flexibility index (Phi) is 5.98. The lowest BCUT2D eigenvalue weighted by molar-refractivity contribution is -0.134. The number of carbonyl (C=O) groups is 2. The maximum absolute atomic E-state index is 12.3. The third-order valence-electron chi connectivity index (χ3n) is 4.90. The second kappa shape index (κ2) is 8.40. The number of hydrogen-bond donors (Lipinski definition) is 2. The first-order chi connectivity index (χ1) is 12.6. The van der Waals surface area contributed by atoms with Crippen LogP contribution in [0.25, 0.3) is 0 Å². The van der Waals surface area contributed by atoms with Crippen molar-refractivity contribution in [2.75, 3.05) is 33.9 Å². The summed E-state index contributed by atoms with van der Waals surface area (Å²) in [5.74, 6) is 1.89. The van der Waals surface area contributed by atoms with Gasteiger partial charge in [0.05, 0.1) is 26.7 Å². The fourth-order valence-electron chi connectivity index (χ4n) is 3.19. The number of ether oxygens (including phenoxy) is 2. The zero-order valence-corrected chi connectivity index (χ0v) is 15.4. The second-order valence-electron chi connectivity index (χ2n) is 6.95. The van der Waals surface area contributed by atoms with Gasteiger partial charge in [-0.1, -0.05) is 0 Å². The normalized spacial score (nSPS) is 20.4. The quantitative estimate of drug-likeness (QED) is 0.720. The molecule has 7 heteroatoms. The number of nitrogens with zero attached hydrogens (tertiary/aromatic N) is 1. The van der Waals surface area contributed by atoms with Gasteiger partial charge >= 0.3 is 0 Å². The Balaban J connectivity index is 1.67. The molecule has 1 heterocycles. The van der Waals surface area contributed by atoms with E-state index in [0.717, 1.165) is 12.1 Å². The van der Waals surface area contributed by atoms with E-state index in [2.05, 4.69) is 10.6 Å². The molecule has 1 saturated heterocycles.